The van der Waals surface area contributed by atoms with Gasteiger partial charge in [0, 0.05) is 40.1 Å². The molecule has 1 amide bonds. The second-order valence-electron chi connectivity index (χ2n) is 6.42. The van der Waals surface area contributed by atoms with Crippen LogP contribution in [0.1, 0.15) is 32.0 Å². The van der Waals surface area contributed by atoms with E-state index in [4.69, 9.17) is 16.3 Å². The molecule has 0 radical (unpaired) electrons. The summed E-state index contributed by atoms with van der Waals surface area (Å²) in [7, 11) is 0. The van der Waals surface area contributed by atoms with Crippen molar-refractivity contribution >= 4 is 28.6 Å². The minimum atomic E-state index is -0.471. The zero-order chi connectivity index (χ0) is 15.2. The van der Waals surface area contributed by atoms with Crippen molar-refractivity contribution in [1.29, 1.82) is 0 Å². The van der Waals surface area contributed by atoms with Crippen LogP contribution in [0.15, 0.2) is 18.2 Å². The molecule has 0 saturated carbocycles. The fourth-order valence-corrected chi connectivity index (χ4v) is 2.84. The van der Waals surface area contributed by atoms with Crippen molar-refractivity contribution in [1.82, 2.24) is 9.88 Å². The van der Waals surface area contributed by atoms with E-state index in [0.717, 1.165) is 22.9 Å². The lowest BCUT2D eigenvalue weighted by Crippen LogP contribution is -2.39. The number of carbonyl (C=O) groups excluding carboxylic acids is 1. The molecule has 0 bridgehead atoms. The van der Waals surface area contributed by atoms with Gasteiger partial charge in [0.05, 0.1) is 6.54 Å². The minimum absolute atomic E-state index is 0.260. The number of nitrogens with zero attached hydrogens (tertiary/aromatic N) is 1. The van der Waals surface area contributed by atoms with Crippen LogP contribution in [-0.4, -0.2) is 28.1 Å². The molecule has 3 rings (SSSR count). The first-order valence-corrected chi connectivity index (χ1v) is 7.48. The molecular weight excluding hydrogens is 288 g/mol. The molecule has 112 valence electrons. The Labute approximate surface area is 129 Å². The van der Waals surface area contributed by atoms with Crippen molar-refractivity contribution in [2.24, 2.45) is 0 Å². The van der Waals surface area contributed by atoms with Gasteiger partial charge in [-0.25, -0.2) is 4.79 Å². The molecule has 1 aromatic carbocycles. The summed E-state index contributed by atoms with van der Waals surface area (Å²) in [6.07, 6.45) is 0.547. The molecule has 21 heavy (non-hydrogen) atoms. The van der Waals surface area contributed by atoms with E-state index in [1.54, 1.807) is 4.90 Å². The van der Waals surface area contributed by atoms with Crippen LogP contribution in [0, 0.1) is 0 Å². The highest BCUT2D eigenvalue weighted by Gasteiger charge is 2.27. The number of rotatable bonds is 0. The van der Waals surface area contributed by atoms with Crippen LogP contribution in [-0.2, 0) is 17.7 Å². The number of amides is 1. The van der Waals surface area contributed by atoms with Crippen LogP contribution in [0.4, 0.5) is 4.79 Å². The Bertz CT molecular complexity index is 700. The van der Waals surface area contributed by atoms with Crippen LogP contribution in [0.3, 0.4) is 0 Å². The third-order valence-corrected chi connectivity index (χ3v) is 3.82. The fraction of sp³-hybridized carbons (Fsp3) is 0.438. The third-order valence-electron chi connectivity index (χ3n) is 3.59. The number of carbonyl (C=O) groups is 1. The largest absolute Gasteiger partial charge is 0.444 e. The number of hydrogen-bond acceptors (Lipinski definition) is 2. The number of nitrogens with one attached hydrogen (secondary N) is 1. The lowest BCUT2D eigenvalue weighted by atomic mass is 10.0. The van der Waals surface area contributed by atoms with Gasteiger partial charge in [-0.15, -0.1) is 0 Å². The Kier molecular flexibility index (Phi) is 3.36. The van der Waals surface area contributed by atoms with Crippen molar-refractivity contribution in [2.45, 2.75) is 39.3 Å². The summed E-state index contributed by atoms with van der Waals surface area (Å²) in [5, 5.41) is 1.80. The van der Waals surface area contributed by atoms with Gasteiger partial charge in [-0.1, -0.05) is 11.6 Å². The summed E-state index contributed by atoms with van der Waals surface area (Å²) < 4.78 is 5.46. The molecule has 0 atom stereocenters. The SMILES string of the molecule is CC(C)(C)OC(=O)N1CCc2[nH]c3ccc(Cl)cc3c2C1. The molecule has 4 nitrogen and oxygen atoms in total. The summed E-state index contributed by atoms with van der Waals surface area (Å²) in [6, 6.07) is 5.80. The van der Waals surface area contributed by atoms with E-state index in [0.29, 0.717) is 18.1 Å². The quantitative estimate of drug-likeness (QED) is 0.796. The van der Waals surface area contributed by atoms with Gasteiger partial charge in [0.2, 0.25) is 0 Å². The smallest absolute Gasteiger partial charge is 0.410 e. The normalized spacial score (nSPS) is 15.1. The number of ether oxygens (including phenoxy) is 1. The molecule has 0 aliphatic carbocycles. The Morgan fingerprint density at radius 1 is 1.38 bits per heavy atom. The Morgan fingerprint density at radius 2 is 2.14 bits per heavy atom. The molecule has 2 heterocycles. The number of aromatic nitrogens is 1. The van der Waals surface area contributed by atoms with Gasteiger partial charge >= 0.3 is 6.09 Å². The maximum atomic E-state index is 12.2. The second-order valence-corrected chi connectivity index (χ2v) is 6.86. The average molecular weight is 307 g/mol. The highest BCUT2D eigenvalue weighted by Crippen LogP contribution is 2.30. The van der Waals surface area contributed by atoms with Gasteiger partial charge in [-0.3, -0.25) is 0 Å². The Hall–Kier alpha value is -1.68. The second kappa shape index (κ2) is 4.95. The minimum Gasteiger partial charge on any atom is -0.444 e. The molecule has 0 saturated heterocycles. The molecule has 5 heteroatoms. The fourth-order valence-electron chi connectivity index (χ4n) is 2.67. The molecule has 2 aromatic rings. The lowest BCUT2D eigenvalue weighted by molar-refractivity contribution is 0.0224. The van der Waals surface area contributed by atoms with Crippen LogP contribution >= 0.6 is 11.6 Å². The first-order chi connectivity index (χ1) is 9.83. The van der Waals surface area contributed by atoms with Crippen LogP contribution in [0.25, 0.3) is 10.9 Å². The molecule has 1 aliphatic heterocycles. The zero-order valence-electron chi connectivity index (χ0n) is 12.5. The van der Waals surface area contributed by atoms with Crippen molar-refractivity contribution in [3.05, 3.63) is 34.5 Å². The highest BCUT2D eigenvalue weighted by atomic mass is 35.5. The number of halogens is 1. The van der Waals surface area contributed by atoms with E-state index in [-0.39, 0.29) is 6.09 Å². The average Bonchev–Trinajstić information content (AvgIpc) is 2.74. The molecular formula is C16H19ClN2O2. The van der Waals surface area contributed by atoms with Crippen molar-refractivity contribution in [2.75, 3.05) is 6.54 Å². The summed E-state index contributed by atoms with van der Waals surface area (Å²) in [5.41, 5.74) is 2.92. The van der Waals surface area contributed by atoms with Crippen molar-refractivity contribution in [3.8, 4) is 0 Å². The van der Waals surface area contributed by atoms with E-state index in [1.165, 1.54) is 5.69 Å². The molecule has 0 fully saturated rings. The van der Waals surface area contributed by atoms with Crippen molar-refractivity contribution < 1.29 is 9.53 Å². The Morgan fingerprint density at radius 3 is 2.86 bits per heavy atom. The predicted octanol–water partition coefficient (Wildman–Crippen LogP) is 4.11. The highest BCUT2D eigenvalue weighted by molar-refractivity contribution is 6.31. The van der Waals surface area contributed by atoms with Gasteiger partial charge in [0.25, 0.3) is 0 Å². The van der Waals surface area contributed by atoms with E-state index < -0.39 is 5.60 Å². The zero-order valence-corrected chi connectivity index (χ0v) is 13.3. The summed E-state index contributed by atoms with van der Waals surface area (Å²) in [5.74, 6) is 0. The van der Waals surface area contributed by atoms with Gasteiger partial charge < -0.3 is 14.6 Å². The van der Waals surface area contributed by atoms with E-state index >= 15 is 0 Å². The molecule has 0 unspecified atom stereocenters. The van der Waals surface area contributed by atoms with Gasteiger partial charge in [-0.05, 0) is 39.0 Å². The predicted molar refractivity (Wildman–Crippen MR) is 83.7 cm³/mol. The maximum absolute atomic E-state index is 12.2. The van der Waals surface area contributed by atoms with E-state index in [2.05, 4.69) is 4.98 Å². The summed E-state index contributed by atoms with van der Waals surface area (Å²) >= 11 is 6.09. The summed E-state index contributed by atoms with van der Waals surface area (Å²) in [6.45, 7) is 6.87. The van der Waals surface area contributed by atoms with Crippen molar-refractivity contribution in [3.63, 3.8) is 0 Å². The topological polar surface area (TPSA) is 45.3 Å². The van der Waals surface area contributed by atoms with Crippen LogP contribution < -0.4 is 0 Å². The number of aromatic amines is 1. The maximum Gasteiger partial charge on any atom is 0.410 e. The summed E-state index contributed by atoms with van der Waals surface area (Å²) in [4.78, 5) is 17.4. The first kappa shape index (κ1) is 14.3. The van der Waals surface area contributed by atoms with Gasteiger partial charge in [0.15, 0.2) is 0 Å². The van der Waals surface area contributed by atoms with E-state index in [9.17, 15) is 4.79 Å². The molecule has 1 aromatic heterocycles. The van der Waals surface area contributed by atoms with Crippen LogP contribution in [0.5, 0.6) is 0 Å². The number of H-pyrrole nitrogens is 1. The van der Waals surface area contributed by atoms with Gasteiger partial charge in [-0.2, -0.15) is 0 Å². The number of fused-ring (bicyclic) bond motifs is 3. The third kappa shape index (κ3) is 2.86. The molecule has 1 N–H and O–H groups in total. The van der Waals surface area contributed by atoms with Crippen LogP contribution in [0.2, 0.25) is 5.02 Å². The van der Waals surface area contributed by atoms with E-state index in [1.807, 2.05) is 39.0 Å². The number of hydrogen-bond donors (Lipinski definition) is 1. The molecule has 0 spiro atoms. The standard InChI is InChI=1S/C16H19ClN2O2/c1-16(2,3)21-15(20)19-7-6-14-12(9-19)11-8-10(17)4-5-13(11)18-14/h4-5,8,18H,6-7,9H2,1-3H3. The van der Waals surface area contributed by atoms with Gasteiger partial charge in [0.1, 0.15) is 5.60 Å². The lowest BCUT2D eigenvalue weighted by Gasteiger charge is -2.30. The molecule has 1 aliphatic rings. The first-order valence-electron chi connectivity index (χ1n) is 7.10. The number of benzene rings is 1. The monoisotopic (exact) mass is 306 g/mol. The Balaban J connectivity index is 1.89.